The Kier molecular flexibility index (Phi) is 6.75. The molecule has 2 aromatic carbocycles. The van der Waals surface area contributed by atoms with Crippen molar-refractivity contribution < 1.29 is 14.3 Å². The van der Waals surface area contributed by atoms with Gasteiger partial charge in [0, 0.05) is 5.69 Å². The van der Waals surface area contributed by atoms with Crippen LogP contribution in [0.1, 0.15) is 46.8 Å². The highest BCUT2D eigenvalue weighted by molar-refractivity contribution is 5.94. The fourth-order valence-electron chi connectivity index (χ4n) is 2.45. The average molecular weight is 339 g/mol. The van der Waals surface area contributed by atoms with Gasteiger partial charge in [-0.05, 0) is 55.7 Å². The molecule has 0 aliphatic rings. The second-order valence-corrected chi connectivity index (χ2v) is 6.22. The van der Waals surface area contributed by atoms with Gasteiger partial charge < -0.3 is 10.1 Å². The molecule has 1 amide bonds. The maximum Gasteiger partial charge on any atom is 0.338 e. The zero-order chi connectivity index (χ0) is 18.2. The van der Waals surface area contributed by atoms with Gasteiger partial charge in [-0.2, -0.15) is 0 Å². The fraction of sp³-hybridized carbons (Fsp3) is 0.333. The first kappa shape index (κ1) is 18.7. The minimum Gasteiger partial charge on any atom is -0.462 e. The van der Waals surface area contributed by atoms with Crippen LogP contribution in [-0.2, 0) is 16.0 Å². The van der Waals surface area contributed by atoms with Gasteiger partial charge in [-0.1, -0.05) is 37.1 Å². The van der Waals surface area contributed by atoms with E-state index in [4.69, 9.17) is 4.74 Å². The predicted molar refractivity (Wildman–Crippen MR) is 99.9 cm³/mol. The minimum absolute atomic E-state index is 0.0769. The summed E-state index contributed by atoms with van der Waals surface area (Å²) in [5.74, 6) is -0.409. The van der Waals surface area contributed by atoms with Crippen molar-refractivity contribution in [3.8, 4) is 0 Å². The van der Waals surface area contributed by atoms with Crippen LogP contribution in [0.3, 0.4) is 0 Å². The monoisotopic (exact) mass is 339 g/mol. The number of anilines is 1. The summed E-state index contributed by atoms with van der Waals surface area (Å²) in [7, 11) is 0. The first-order valence-corrected chi connectivity index (χ1v) is 8.62. The van der Waals surface area contributed by atoms with E-state index < -0.39 is 0 Å². The smallest absolute Gasteiger partial charge is 0.338 e. The molecule has 25 heavy (non-hydrogen) atoms. The summed E-state index contributed by atoms with van der Waals surface area (Å²) in [6, 6.07) is 12.9. The molecular formula is C21H25NO3. The first-order chi connectivity index (χ1) is 12.0. The summed E-state index contributed by atoms with van der Waals surface area (Å²) < 4.78 is 5.17. The van der Waals surface area contributed by atoms with Gasteiger partial charge in [-0.3, -0.25) is 4.79 Å². The van der Waals surface area contributed by atoms with Crippen molar-refractivity contribution in [3.05, 3.63) is 64.7 Å². The van der Waals surface area contributed by atoms with Crippen molar-refractivity contribution in [2.75, 3.05) is 11.9 Å². The molecule has 0 radical (unpaired) electrons. The standard InChI is InChI=1S/C21H25NO3/c1-4-5-12-25-21(24)17-8-10-19(11-9-17)22-20(23)14-18-13-15(2)6-7-16(18)3/h6-11,13H,4-5,12,14H2,1-3H3,(H,22,23). The maximum absolute atomic E-state index is 12.2. The van der Waals surface area contributed by atoms with Crippen molar-refractivity contribution in [1.82, 2.24) is 0 Å². The molecule has 0 saturated carbocycles. The third kappa shape index (κ3) is 5.75. The number of esters is 1. The van der Waals surface area contributed by atoms with Gasteiger partial charge in [-0.25, -0.2) is 4.79 Å². The normalized spacial score (nSPS) is 10.4. The Balaban J connectivity index is 1.93. The number of aryl methyl sites for hydroxylation is 2. The summed E-state index contributed by atoms with van der Waals surface area (Å²) in [6.07, 6.45) is 2.17. The van der Waals surface area contributed by atoms with Crippen LogP contribution < -0.4 is 5.32 Å². The Morgan fingerprint density at radius 3 is 2.44 bits per heavy atom. The number of ether oxygens (including phenoxy) is 1. The van der Waals surface area contributed by atoms with Crippen molar-refractivity contribution in [2.24, 2.45) is 0 Å². The highest BCUT2D eigenvalue weighted by Crippen LogP contribution is 2.14. The molecule has 0 fully saturated rings. The second-order valence-electron chi connectivity index (χ2n) is 6.22. The number of unbranched alkanes of at least 4 members (excludes halogenated alkanes) is 1. The Bertz CT molecular complexity index is 735. The van der Waals surface area contributed by atoms with E-state index in [1.165, 1.54) is 0 Å². The second kappa shape index (κ2) is 9.02. The van der Waals surface area contributed by atoms with E-state index in [1.54, 1.807) is 24.3 Å². The number of carbonyl (C=O) groups excluding carboxylic acids is 2. The number of hydrogen-bond acceptors (Lipinski definition) is 3. The van der Waals surface area contributed by atoms with Crippen LogP contribution in [0.25, 0.3) is 0 Å². The number of carbonyl (C=O) groups is 2. The zero-order valence-corrected chi connectivity index (χ0v) is 15.1. The Hall–Kier alpha value is -2.62. The van der Waals surface area contributed by atoms with Crippen molar-refractivity contribution in [2.45, 2.75) is 40.0 Å². The van der Waals surface area contributed by atoms with Gasteiger partial charge in [0.25, 0.3) is 0 Å². The van der Waals surface area contributed by atoms with Crippen LogP contribution >= 0.6 is 0 Å². The lowest BCUT2D eigenvalue weighted by Gasteiger charge is -2.09. The topological polar surface area (TPSA) is 55.4 Å². The summed E-state index contributed by atoms with van der Waals surface area (Å²) in [5.41, 5.74) is 4.42. The minimum atomic E-state index is -0.332. The highest BCUT2D eigenvalue weighted by atomic mass is 16.5. The summed E-state index contributed by atoms with van der Waals surface area (Å²) in [5, 5.41) is 2.86. The van der Waals surface area contributed by atoms with Crippen LogP contribution in [0.5, 0.6) is 0 Å². The third-order valence-corrected chi connectivity index (χ3v) is 3.99. The van der Waals surface area contributed by atoms with Gasteiger partial charge in [0.15, 0.2) is 0 Å². The summed E-state index contributed by atoms with van der Waals surface area (Å²) >= 11 is 0. The third-order valence-electron chi connectivity index (χ3n) is 3.99. The SMILES string of the molecule is CCCCOC(=O)c1ccc(NC(=O)Cc2cc(C)ccc2C)cc1. The molecule has 1 N–H and O–H groups in total. The van der Waals surface area contributed by atoms with Gasteiger partial charge in [-0.15, -0.1) is 0 Å². The van der Waals surface area contributed by atoms with Crippen LogP contribution in [0.15, 0.2) is 42.5 Å². The fourth-order valence-corrected chi connectivity index (χ4v) is 2.45. The van der Waals surface area contributed by atoms with Crippen LogP contribution in [0.2, 0.25) is 0 Å². The quantitative estimate of drug-likeness (QED) is 0.599. The van der Waals surface area contributed by atoms with Crippen molar-refractivity contribution in [1.29, 1.82) is 0 Å². The molecule has 0 spiro atoms. The highest BCUT2D eigenvalue weighted by Gasteiger charge is 2.09. The molecule has 0 bridgehead atoms. The van der Waals surface area contributed by atoms with E-state index in [0.717, 1.165) is 29.5 Å². The lowest BCUT2D eigenvalue weighted by molar-refractivity contribution is -0.115. The predicted octanol–water partition coefficient (Wildman–Crippen LogP) is 4.44. The summed E-state index contributed by atoms with van der Waals surface area (Å²) in [4.78, 5) is 24.1. The Labute approximate surface area is 149 Å². The van der Waals surface area contributed by atoms with Crippen LogP contribution in [-0.4, -0.2) is 18.5 Å². The molecule has 0 aromatic heterocycles. The lowest BCUT2D eigenvalue weighted by Crippen LogP contribution is -2.15. The molecule has 0 aliphatic heterocycles. The van der Waals surface area contributed by atoms with E-state index >= 15 is 0 Å². The molecule has 0 atom stereocenters. The molecule has 4 nitrogen and oxygen atoms in total. The van der Waals surface area contributed by atoms with Gasteiger partial charge in [0.2, 0.25) is 5.91 Å². The van der Waals surface area contributed by atoms with Gasteiger partial charge in [0.1, 0.15) is 0 Å². The molecule has 4 heteroatoms. The van der Waals surface area contributed by atoms with Gasteiger partial charge >= 0.3 is 5.97 Å². The van der Waals surface area contributed by atoms with Crippen molar-refractivity contribution in [3.63, 3.8) is 0 Å². The molecule has 0 aliphatic carbocycles. The number of amides is 1. The van der Waals surface area contributed by atoms with Gasteiger partial charge in [0.05, 0.1) is 18.6 Å². The zero-order valence-electron chi connectivity index (χ0n) is 15.1. The van der Waals surface area contributed by atoms with Crippen LogP contribution in [0, 0.1) is 13.8 Å². The maximum atomic E-state index is 12.2. The van der Waals surface area contributed by atoms with E-state index in [-0.39, 0.29) is 11.9 Å². The molecule has 0 heterocycles. The van der Waals surface area contributed by atoms with Crippen LogP contribution in [0.4, 0.5) is 5.69 Å². The van der Waals surface area contributed by atoms with E-state index in [2.05, 4.69) is 5.32 Å². The van der Waals surface area contributed by atoms with Crippen molar-refractivity contribution >= 4 is 17.6 Å². The van der Waals surface area contributed by atoms with E-state index in [9.17, 15) is 9.59 Å². The molecule has 132 valence electrons. The Morgan fingerprint density at radius 1 is 1.04 bits per heavy atom. The molecule has 0 unspecified atom stereocenters. The van der Waals surface area contributed by atoms with E-state index in [1.807, 2.05) is 39.0 Å². The molecule has 0 saturated heterocycles. The molecule has 2 aromatic rings. The number of rotatable bonds is 7. The molecular weight excluding hydrogens is 314 g/mol. The first-order valence-electron chi connectivity index (χ1n) is 8.62. The lowest BCUT2D eigenvalue weighted by atomic mass is 10.0. The number of hydrogen-bond donors (Lipinski definition) is 1. The summed E-state index contributed by atoms with van der Waals surface area (Å²) in [6.45, 7) is 6.49. The average Bonchev–Trinajstić information content (AvgIpc) is 2.59. The van der Waals surface area contributed by atoms with E-state index in [0.29, 0.717) is 24.3 Å². The number of nitrogens with one attached hydrogen (secondary N) is 1. The number of benzene rings is 2. The molecule has 2 rings (SSSR count). The largest absolute Gasteiger partial charge is 0.462 e. The Morgan fingerprint density at radius 2 is 1.76 bits per heavy atom.